The quantitative estimate of drug-likeness (QED) is 0.238. The third-order valence-corrected chi connectivity index (χ3v) is 5.95. The molecule has 0 saturated carbocycles. The predicted octanol–water partition coefficient (Wildman–Crippen LogP) is 6.82. The van der Waals surface area contributed by atoms with Gasteiger partial charge in [-0.15, -0.1) is 0 Å². The van der Waals surface area contributed by atoms with Gasteiger partial charge in [0, 0.05) is 17.1 Å². The Balaban J connectivity index is 1.41. The lowest BCUT2D eigenvalue weighted by Crippen LogP contribution is -2.47. The molecule has 1 heterocycles. The van der Waals surface area contributed by atoms with Crippen molar-refractivity contribution in [1.82, 2.24) is 9.78 Å². The van der Waals surface area contributed by atoms with E-state index < -0.39 is 24.1 Å². The summed E-state index contributed by atoms with van der Waals surface area (Å²) in [5, 5.41) is 18.2. The Bertz CT molecular complexity index is 1520. The average molecular weight is 507 g/mol. The van der Waals surface area contributed by atoms with E-state index in [1.807, 2.05) is 6.07 Å². The minimum absolute atomic E-state index is 0.338. The summed E-state index contributed by atoms with van der Waals surface area (Å²) < 4.78 is 63.1. The lowest BCUT2D eigenvalue weighted by molar-refractivity contribution is -0.260. The van der Waals surface area contributed by atoms with Crippen molar-refractivity contribution in [3.63, 3.8) is 0 Å². The standard InChI is InChI=1S/C28H21F4N3O2/c29-21-10-12-23(13-11-21)35-26-14-9-20(15-19(26)17-34-35)27(36,28(30,31)32)18-33-22-5-4-8-25(16-22)37-24-6-2-1-3-7-24/h1-17,33,36H,18H2. The highest BCUT2D eigenvalue weighted by atomic mass is 19.4. The number of fused-ring (bicyclic) bond motifs is 1. The summed E-state index contributed by atoms with van der Waals surface area (Å²) in [5.74, 6) is 0.602. The van der Waals surface area contributed by atoms with Gasteiger partial charge in [0.05, 0.1) is 23.9 Å². The molecule has 37 heavy (non-hydrogen) atoms. The number of hydrogen-bond donors (Lipinski definition) is 2. The molecule has 0 aliphatic carbocycles. The van der Waals surface area contributed by atoms with E-state index in [1.165, 1.54) is 53.3 Å². The molecule has 0 fully saturated rings. The molecular formula is C28H21F4N3O2. The van der Waals surface area contributed by atoms with E-state index in [4.69, 9.17) is 4.74 Å². The van der Waals surface area contributed by atoms with Gasteiger partial charge in [-0.3, -0.25) is 0 Å². The maximum Gasteiger partial charge on any atom is 0.423 e. The monoisotopic (exact) mass is 507 g/mol. The summed E-state index contributed by atoms with van der Waals surface area (Å²) >= 11 is 0. The van der Waals surface area contributed by atoms with Crippen LogP contribution in [0, 0.1) is 5.82 Å². The van der Waals surface area contributed by atoms with Gasteiger partial charge >= 0.3 is 6.18 Å². The number of halogens is 4. The summed E-state index contributed by atoms with van der Waals surface area (Å²) in [6.45, 7) is -0.830. The highest BCUT2D eigenvalue weighted by molar-refractivity contribution is 5.81. The number of rotatable bonds is 7. The normalized spacial score (nSPS) is 13.3. The summed E-state index contributed by atoms with van der Waals surface area (Å²) in [5.41, 5.74) is -2.11. The van der Waals surface area contributed by atoms with E-state index in [9.17, 15) is 22.7 Å². The van der Waals surface area contributed by atoms with Crippen molar-refractivity contribution < 1.29 is 27.4 Å². The van der Waals surface area contributed by atoms with E-state index >= 15 is 0 Å². The molecule has 2 N–H and O–H groups in total. The fourth-order valence-electron chi connectivity index (χ4n) is 3.97. The van der Waals surface area contributed by atoms with Crippen molar-refractivity contribution in [2.45, 2.75) is 11.8 Å². The van der Waals surface area contributed by atoms with Gasteiger partial charge in [0.2, 0.25) is 5.60 Å². The van der Waals surface area contributed by atoms with Crippen LogP contribution in [0.4, 0.5) is 23.2 Å². The Morgan fingerprint density at radius 2 is 1.57 bits per heavy atom. The number of nitrogens with one attached hydrogen (secondary N) is 1. The molecule has 5 nitrogen and oxygen atoms in total. The van der Waals surface area contributed by atoms with Gasteiger partial charge in [-0.1, -0.05) is 30.3 Å². The second-order valence-corrected chi connectivity index (χ2v) is 8.46. The van der Waals surface area contributed by atoms with Crippen molar-refractivity contribution in [3.8, 4) is 17.2 Å². The fraction of sp³-hybridized carbons (Fsp3) is 0.107. The lowest BCUT2D eigenvalue weighted by atomic mass is 9.92. The van der Waals surface area contributed by atoms with Gasteiger partial charge in [-0.25, -0.2) is 9.07 Å². The second-order valence-electron chi connectivity index (χ2n) is 8.46. The zero-order valence-corrected chi connectivity index (χ0v) is 19.3. The number of aromatic nitrogens is 2. The summed E-state index contributed by atoms with van der Waals surface area (Å²) in [6.07, 6.45) is -3.57. The Morgan fingerprint density at radius 1 is 0.838 bits per heavy atom. The van der Waals surface area contributed by atoms with Gasteiger partial charge in [-0.2, -0.15) is 18.3 Å². The summed E-state index contributed by atoms with van der Waals surface area (Å²) in [7, 11) is 0. The molecule has 0 aliphatic heterocycles. The first-order chi connectivity index (χ1) is 17.7. The van der Waals surface area contributed by atoms with Crippen LogP contribution in [0.2, 0.25) is 0 Å². The zero-order valence-electron chi connectivity index (χ0n) is 19.3. The SMILES string of the molecule is OC(CNc1cccc(Oc2ccccc2)c1)(c1ccc2c(cnn2-c2ccc(F)cc2)c1)C(F)(F)F. The zero-order chi connectivity index (χ0) is 26.0. The van der Waals surface area contributed by atoms with Crippen molar-refractivity contribution >= 4 is 16.6 Å². The Morgan fingerprint density at radius 3 is 2.30 bits per heavy atom. The molecule has 5 rings (SSSR count). The van der Waals surface area contributed by atoms with Crippen LogP contribution in [0.3, 0.4) is 0 Å². The average Bonchev–Trinajstić information content (AvgIpc) is 3.31. The molecule has 4 aromatic carbocycles. The Labute approximate surface area is 209 Å². The molecule has 1 aromatic heterocycles. The number of hydrogen-bond acceptors (Lipinski definition) is 4. The van der Waals surface area contributed by atoms with Crippen molar-refractivity contribution in [2.75, 3.05) is 11.9 Å². The number of para-hydroxylation sites is 1. The number of alkyl halides is 3. The number of benzene rings is 4. The molecular weight excluding hydrogens is 486 g/mol. The largest absolute Gasteiger partial charge is 0.457 e. The topological polar surface area (TPSA) is 59.3 Å². The van der Waals surface area contributed by atoms with E-state index in [0.29, 0.717) is 33.8 Å². The van der Waals surface area contributed by atoms with Crippen LogP contribution >= 0.6 is 0 Å². The molecule has 0 radical (unpaired) electrons. The third kappa shape index (κ3) is 4.99. The Kier molecular flexibility index (Phi) is 6.31. The van der Waals surface area contributed by atoms with E-state index in [2.05, 4.69) is 10.4 Å². The maximum atomic E-state index is 14.2. The fourth-order valence-corrected chi connectivity index (χ4v) is 3.97. The molecule has 0 spiro atoms. The summed E-state index contributed by atoms with van der Waals surface area (Å²) in [6, 6.07) is 24.9. The first-order valence-electron chi connectivity index (χ1n) is 11.3. The van der Waals surface area contributed by atoms with Gasteiger partial charge in [0.25, 0.3) is 0 Å². The van der Waals surface area contributed by atoms with Crippen LogP contribution in [-0.2, 0) is 5.60 Å². The van der Waals surface area contributed by atoms with E-state index in [0.717, 1.165) is 0 Å². The van der Waals surface area contributed by atoms with Crippen LogP contribution in [-0.4, -0.2) is 27.6 Å². The minimum Gasteiger partial charge on any atom is -0.457 e. The molecule has 0 aliphatic rings. The molecule has 9 heteroatoms. The molecule has 188 valence electrons. The van der Waals surface area contributed by atoms with Crippen molar-refractivity contribution in [2.24, 2.45) is 0 Å². The number of ether oxygens (including phenoxy) is 1. The maximum absolute atomic E-state index is 14.2. The molecule has 0 amide bonds. The highest BCUT2D eigenvalue weighted by Gasteiger charge is 2.55. The van der Waals surface area contributed by atoms with Crippen molar-refractivity contribution in [1.29, 1.82) is 0 Å². The first-order valence-corrected chi connectivity index (χ1v) is 11.3. The smallest absolute Gasteiger partial charge is 0.423 e. The highest BCUT2D eigenvalue weighted by Crippen LogP contribution is 2.40. The van der Waals surface area contributed by atoms with Crippen molar-refractivity contribution in [3.05, 3.63) is 115 Å². The van der Waals surface area contributed by atoms with Gasteiger partial charge in [-0.05, 0) is 66.2 Å². The molecule has 1 unspecified atom stereocenters. The van der Waals surface area contributed by atoms with Crippen LogP contribution in [0.15, 0.2) is 103 Å². The molecule has 0 bridgehead atoms. The second kappa shape index (κ2) is 9.59. The van der Waals surface area contributed by atoms with Crippen LogP contribution in [0.25, 0.3) is 16.6 Å². The number of anilines is 1. The number of nitrogens with zero attached hydrogens (tertiary/aromatic N) is 2. The van der Waals surface area contributed by atoms with Gasteiger partial charge in [0.15, 0.2) is 0 Å². The third-order valence-electron chi connectivity index (χ3n) is 5.95. The lowest BCUT2D eigenvalue weighted by Gasteiger charge is -2.31. The minimum atomic E-state index is -4.97. The van der Waals surface area contributed by atoms with Gasteiger partial charge in [0.1, 0.15) is 17.3 Å². The van der Waals surface area contributed by atoms with Gasteiger partial charge < -0.3 is 15.2 Å². The predicted molar refractivity (Wildman–Crippen MR) is 132 cm³/mol. The number of aliphatic hydroxyl groups is 1. The van der Waals surface area contributed by atoms with E-state index in [1.54, 1.807) is 48.5 Å². The van der Waals surface area contributed by atoms with Crippen LogP contribution in [0.5, 0.6) is 11.5 Å². The summed E-state index contributed by atoms with van der Waals surface area (Å²) in [4.78, 5) is 0. The van der Waals surface area contributed by atoms with E-state index in [-0.39, 0.29) is 5.56 Å². The molecule has 1 atom stereocenters. The molecule has 5 aromatic rings. The molecule has 0 saturated heterocycles. The first kappa shape index (κ1) is 24.3. The van der Waals surface area contributed by atoms with Crippen LogP contribution < -0.4 is 10.1 Å². The van der Waals surface area contributed by atoms with Crippen LogP contribution in [0.1, 0.15) is 5.56 Å². The Hall–Kier alpha value is -4.37.